The SMILES string of the molecule is COc1cccc(C(=O)Oc2ccc(C(C)=NNC(=O)C(=O)Nc3ccc(C(N)=O)cc3)cc2)c1. The maximum absolute atomic E-state index is 12.3. The number of amides is 3. The van der Waals surface area contributed by atoms with Crippen LogP contribution in [-0.2, 0) is 9.59 Å². The van der Waals surface area contributed by atoms with Crippen LogP contribution in [0.3, 0.4) is 0 Å². The minimum absolute atomic E-state index is 0.272. The molecule has 0 aromatic heterocycles. The minimum atomic E-state index is -0.979. The van der Waals surface area contributed by atoms with Crippen molar-refractivity contribution in [2.45, 2.75) is 6.92 Å². The highest BCUT2D eigenvalue weighted by Crippen LogP contribution is 2.17. The number of esters is 1. The van der Waals surface area contributed by atoms with Crippen molar-refractivity contribution >= 4 is 35.1 Å². The zero-order valence-corrected chi connectivity index (χ0v) is 18.9. The van der Waals surface area contributed by atoms with Crippen LogP contribution in [0.15, 0.2) is 77.9 Å². The summed E-state index contributed by atoms with van der Waals surface area (Å²) in [6.07, 6.45) is 0. The van der Waals surface area contributed by atoms with Gasteiger partial charge >= 0.3 is 17.8 Å². The predicted octanol–water partition coefficient (Wildman–Crippen LogP) is 2.49. The normalized spacial score (nSPS) is 10.7. The first-order valence-electron chi connectivity index (χ1n) is 10.3. The lowest BCUT2D eigenvalue weighted by Gasteiger charge is -2.07. The fourth-order valence-corrected chi connectivity index (χ4v) is 2.84. The van der Waals surface area contributed by atoms with Gasteiger partial charge in [0.2, 0.25) is 5.91 Å². The van der Waals surface area contributed by atoms with E-state index in [0.29, 0.717) is 34.0 Å². The fraction of sp³-hybridized carbons (Fsp3) is 0.0800. The third-order valence-corrected chi connectivity index (χ3v) is 4.75. The van der Waals surface area contributed by atoms with Crippen molar-refractivity contribution < 1.29 is 28.7 Å². The van der Waals surface area contributed by atoms with E-state index in [0.717, 1.165) is 0 Å². The van der Waals surface area contributed by atoms with E-state index >= 15 is 0 Å². The molecule has 0 radical (unpaired) electrons. The number of hydrogen-bond donors (Lipinski definition) is 3. The molecule has 0 bridgehead atoms. The van der Waals surface area contributed by atoms with Crippen molar-refractivity contribution in [1.29, 1.82) is 0 Å². The number of carbonyl (C=O) groups excluding carboxylic acids is 4. The van der Waals surface area contributed by atoms with Crippen LogP contribution in [0.5, 0.6) is 11.5 Å². The number of benzene rings is 3. The Bertz CT molecular complexity index is 1280. The molecule has 35 heavy (non-hydrogen) atoms. The number of hydrogen-bond acceptors (Lipinski definition) is 7. The van der Waals surface area contributed by atoms with Gasteiger partial charge in [-0.25, -0.2) is 10.2 Å². The highest BCUT2D eigenvalue weighted by molar-refractivity contribution is 6.39. The molecule has 3 aromatic rings. The number of nitrogens with two attached hydrogens (primary N) is 1. The van der Waals surface area contributed by atoms with E-state index in [1.807, 2.05) is 0 Å². The Hall–Kier alpha value is -4.99. The van der Waals surface area contributed by atoms with Gasteiger partial charge in [0, 0.05) is 11.3 Å². The summed E-state index contributed by atoms with van der Waals surface area (Å²) >= 11 is 0. The molecule has 0 unspecified atom stereocenters. The molecule has 0 fully saturated rings. The Morgan fingerprint density at radius 3 is 2.09 bits per heavy atom. The molecule has 3 aromatic carbocycles. The van der Waals surface area contributed by atoms with Crippen molar-refractivity contribution in [2.24, 2.45) is 10.8 Å². The second kappa shape index (κ2) is 11.2. The minimum Gasteiger partial charge on any atom is -0.497 e. The Morgan fingerprint density at radius 2 is 1.46 bits per heavy atom. The average Bonchev–Trinajstić information content (AvgIpc) is 2.87. The molecular formula is C25H22N4O6. The number of primary amides is 1. The van der Waals surface area contributed by atoms with E-state index in [9.17, 15) is 19.2 Å². The van der Waals surface area contributed by atoms with Gasteiger partial charge in [-0.15, -0.1) is 0 Å². The van der Waals surface area contributed by atoms with Crippen LogP contribution in [0.2, 0.25) is 0 Å². The highest BCUT2D eigenvalue weighted by Gasteiger charge is 2.14. The first kappa shape index (κ1) is 24.6. The van der Waals surface area contributed by atoms with Crippen LogP contribution in [-0.4, -0.2) is 36.5 Å². The topological polar surface area (TPSA) is 149 Å². The van der Waals surface area contributed by atoms with Crippen LogP contribution in [0.25, 0.3) is 0 Å². The van der Waals surface area contributed by atoms with Gasteiger partial charge in [0.25, 0.3) is 0 Å². The summed E-state index contributed by atoms with van der Waals surface area (Å²) < 4.78 is 10.5. The third-order valence-electron chi connectivity index (χ3n) is 4.75. The van der Waals surface area contributed by atoms with E-state index in [-0.39, 0.29) is 5.56 Å². The van der Waals surface area contributed by atoms with Gasteiger partial charge in [0.05, 0.1) is 18.4 Å². The molecule has 0 aliphatic rings. The highest BCUT2D eigenvalue weighted by atomic mass is 16.5. The number of anilines is 1. The van der Waals surface area contributed by atoms with Gasteiger partial charge in [-0.05, 0) is 79.2 Å². The van der Waals surface area contributed by atoms with Gasteiger partial charge in [0.15, 0.2) is 0 Å². The maximum Gasteiger partial charge on any atom is 0.343 e. The first-order valence-corrected chi connectivity index (χ1v) is 10.3. The number of rotatable bonds is 7. The standard InChI is InChI=1S/C25H22N4O6/c1-15(28-29-24(32)23(31)27-19-10-6-17(7-11-19)22(26)30)16-8-12-20(13-9-16)35-25(33)18-4-3-5-21(14-18)34-2/h3-14H,1-2H3,(H2,26,30)(H,27,31)(H,29,32). The van der Waals surface area contributed by atoms with Gasteiger partial charge in [-0.2, -0.15) is 5.10 Å². The van der Waals surface area contributed by atoms with E-state index in [1.165, 1.54) is 31.4 Å². The largest absolute Gasteiger partial charge is 0.497 e. The maximum atomic E-state index is 12.3. The molecule has 3 amide bonds. The molecule has 4 N–H and O–H groups in total. The molecule has 0 heterocycles. The van der Waals surface area contributed by atoms with Crippen LogP contribution in [0.4, 0.5) is 5.69 Å². The Morgan fingerprint density at radius 1 is 0.800 bits per heavy atom. The quantitative estimate of drug-likeness (QED) is 0.157. The van der Waals surface area contributed by atoms with E-state index in [1.54, 1.807) is 55.5 Å². The summed E-state index contributed by atoms with van der Waals surface area (Å²) in [5.74, 6) is -2.20. The second-order valence-electron chi connectivity index (χ2n) is 7.18. The van der Waals surface area contributed by atoms with Crippen LogP contribution < -0.4 is 25.9 Å². The van der Waals surface area contributed by atoms with Gasteiger partial charge in [-0.3, -0.25) is 14.4 Å². The second-order valence-corrected chi connectivity index (χ2v) is 7.18. The predicted molar refractivity (Wildman–Crippen MR) is 128 cm³/mol. The molecule has 0 saturated heterocycles. The number of methoxy groups -OCH3 is 1. The van der Waals surface area contributed by atoms with Crippen molar-refractivity contribution in [3.8, 4) is 11.5 Å². The number of nitrogens with one attached hydrogen (secondary N) is 2. The lowest BCUT2D eigenvalue weighted by molar-refractivity contribution is -0.136. The van der Waals surface area contributed by atoms with Crippen LogP contribution in [0, 0.1) is 0 Å². The van der Waals surface area contributed by atoms with Crippen LogP contribution >= 0.6 is 0 Å². The number of hydrazone groups is 1. The van der Waals surface area contributed by atoms with E-state index in [4.69, 9.17) is 15.2 Å². The molecule has 0 spiro atoms. The Labute approximate surface area is 200 Å². The zero-order valence-electron chi connectivity index (χ0n) is 18.9. The molecule has 10 heteroatoms. The Kier molecular flexibility index (Phi) is 7.91. The fourth-order valence-electron chi connectivity index (χ4n) is 2.84. The molecule has 0 aliphatic carbocycles. The molecule has 3 rings (SSSR count). The molecule has 0 atom stereocenters. The van der Waals surface area contributed by atoms with Crippen LogP contribution in [0.1, 0.15) is 33.2 Å². The molecule has 0 saturated carbocycles. The summed E-state index contributed by atoms with van der Waals surface area (Å²) in [7, 11) is 1.51. The van der Waals surface area contributed by atoms with Gasteiger partial charge in [0.1, 0.15) is 11.5 Å². The lowest BCUT2D eigenvalue weighted by Crippen LogP contribution is -2.33. The molecular weight excluding hydrogens is 452 g/mol. The monoisotopic (exact) mass is 474 g/mol. The zero-order chi connectivity index (χ0) is 25.4. The molecule has 10 nitrogen and oxygen atoms in total. The Balaban J connectivity index is 1.56. The van der Waals surface area contributed by atoms with Crippen molar-refractivity contribution in [1.82, 2.24) is 5.43 Å². The van der Waals surface area contributed by atoms with E-state index in [2.05, 4.69) is 15.8 Å². The summed E-state index contributed by atoms with van der Waals surface area (Å²) in [4.78, 5) is 47.5. The molecule has 0 aliphatic heterocycles. The smallest absolute Gasteiger partial charge is 0.343 e. The number of ether oxygens (including phenoxy) is 2. The number of carbonyl (C=O) groups is 4. The lowest BCUT2D eigenvalue weighted by atomic mass is 10.1. The average molecular weight is 474 g/mol. The van der Waals surface area contributed by atoms with Crippen molar-refractivity contribution in [3.63, 3.8) is 0 Å². The van der Waals surface area contributed by atoms with Gasteiger partial charge in [-0.1, -0.05) is 6.07 Å². The van der Waals surface area contributed by atoms with Crippen molar-refractivity contribution in [2.75, 3.05) is 12.4 Å². The first-order chi connectivity index (χ1) is 16.8. The summed E-state index contributed by atoms with van der Waals surface area (Å²) in [6, 6.07) is 18.8. The van der Waals surface area contributed by atoms with E-state index < -0.39 is 23.7 Å². The summed E-state index contributed by atoms with van der Waals surface area (Å²) in [6.45, 7) is 1.64. The third kappa shape index (κ3) is 6.75. The van der Waals surface area contributed by atoms with Gasteiger partial charge < -0.3 is 20.5 Å². The molecule has 178 valence electrons. The van der Waals surface area contributed by atoms with Crippen molar-refractivity contribution in [3.05, 3.63) is 89.5 Å². The summed E-state index contributed by atoms with van der Waals surface area (Å²) in [5.41, 5.74) is 9.32. The number of nitrogens with zero attached hydrogens (tertiary/aromatic N) is 1. The summed E-state index contributed by atoms with van der Waals surface area (Å²) in [5, 5.41) is 6.31.